The molecule has 0 aromatic heterocycles. The number of rotatable bonds is 37. The molecule has 0 radical (unpaired) electrons. The zero-order valence-corrected chi connectivity index (χ0v) is 54.4. The van der Waals surface area contributed by atoms with Crippen LogP contribution in [0.5, 0.6) is 11.5 Å². The third kappa shape index (κ3) is 33.6. The van der Waals surface area contributed by atoms with Gasteiger partial charge in [0.2, 0.25) is 47.3 Å². The summed E-state index contributed by atoms with van der Waals surface area (Å²) in [4.78, 5) is 123. The number of carbonyl (C=O) groups is 10. The third-order valence-corrected chi connectivity index (χ3v) is 16.1. The van der Waals surface area contributed by atoms with Gasteiger partial charge in [0.05, 0.1) is 12.1 Å². The first-order valence-electron chi connectivity index (χ1n) is 31.5. The maximum Gasteiger partial charge on any atom is 0.240 e. The first-order valence-corrected chi connectivity index (χ1v) is 32.8. The van der Waals surface area contributed by atoms with Gasteiger partial charge in [0.1, 0.15) is 29.2 Å². The maximum absolute atomic E-state index is 13.4. The Hall–Kier alpha value is -6.40. The average Bonchev–Trinajstić information content (AvgIpc) is 1.86. The molecule has 0 saturated carbocycles. The number of hydrogen-bond acceptors (Lipinski definition) is 20. The van der Waals surface area contributed by atoms with Gasteiger partial charge in [0.25, 0.3) is 0 Å². The molecule has 4 rings (SSSR count). The SMILES string of the molecule is CC12CNCCNCC(NC(=O)CCCC(=O)NC(Cc3ccc(O)cc3)C(=O)CCCCCCC(=O)NC(CS)C(N)=O)(CNCCNC1)NCCN2.CNC(=O)CCCC(=O)N[C@@H](Cc1ccc(O)cc1)C(=O)CCCCCCC(=O)N[C@@H](CS)C(N)=O. The number of amides is 8. The molecule has 0 aliphatic carbocycles. The van der Waals surface area contributed by atoms with E-state index in [0.717, 1.165) is 69.8 Å². The van der Waals surface area contributed by atoms with Crippen molar-refractivity contribution < 1.29 is 58.2 Å². The minimum atomic E-state index is -0.806. The first kappa shape index (κ1) is 77.8. The van der Waals surface area contributed by atoms with E-state index in [0.29, 0.717) is 77.4 Å². The molecule has 0 spiro atoms. The minimum absolute atomic E-state index is 0.0788. The molecule has 2 fully saturated rings. The highest BCUT2D eigenvalue weighted by Crippen LogP contribution is 2.17. The van der Waals surface area contributed by atoms with E-state index in [1.165, 1.54) is 19.2 Å². The van der Waals surface area contributed by atoms with Crippen LogP contribution in [0, 0.1) is 0 Å². The van der Waals surface area contributed by atoms with Crippen molar-refractivity contribution in [3.63, 3.8) is 0 Å². The zero-order chi connectivity index (χ0) is 66.2. The lowest BCUT2D eigenvalue weighted by atomic mass is 9.98. The largest absolute Gasteiger partial charge is 0.508 e. The first-order chi connectivity index (χ1) is 43.1. The summed E-state index contributed by atoms with van der Waals surface area (Å²) in [7, 11) is 1.53. The van der Waals surface area contributed by atoms with E-state index in [2.05, 4.69) is 96.0 Å². The van der Waals surface area contributed by atoms with Crippen molar-refractivity contribution in [1.82, 2.24) is 63.8 Å². The second kappa shape index (κ2) is 44.2. The van der Waals surface area contributed by atoms with Gasteiger partial charge in [-0.25, -0.2) is 0 Å². The number of carbonyl (C=O) groups excluding carboxylic acids is 10. The van der Waals surface area contributed by atoms with Crippen LogP contribution in [0.25, 0.3) is 0 Å². The summed E-state index contributed by atoms with van der Waals surface area (Å²) in [5, 5.41) is 57.0. The molecule has 2 aromatic rings. The summed E-state index contributed by atoms with van der Waals surface area (Å²) < 4.78 is 0. The summed E-state index contributed by atoms with van der Waals surface area (Å²) in [6.45, 7) is 9.32. The van der Waals surface area contributed by atoms with Crippen molar-refractivity contribution in [3.05, 3.63) is 59.7 Å². The molecule has 2 bridgehead atoms. The van der Waals surface area contributed by atoms with E-state index in [1.54, 1.807) is 36.4 Å². The Bertz CT molecular complexity index is 2540. The van der Waals surface area contributed by atoms with Crippen molar-refractivity contribution in [1.29, 1.82) is 0 Å². The van der Waals surface area contributed by atoms with Crippen LogP contribution in [0.3, 0.4) is 0 Å². The van der Waals surface area contributed by atoms with Crippen LogP contribution >= 0.6 is 25.3 Å². The number of Topliss-reactive ketones (excluding diaryl/α,β-unsaturated/α-hetero) is 2. The van der Waals surface area contributed by atoms with Crippen LogP contribution in [0.15, 0.2) is 48.5 Å². The highest BCUT2D eigenvalue weighted by molar-refractivity contribution is 7.80. The Labute approximate surface area is 541 Å². The van der Waals surface area contributed by atoms with E-state index in [4.69, 9.17) is 11.5 Å². The van der Waals surface area contributed by atoms with Gasteiger partial charge < -0.3 is 80.2 Å². The normalized spacial score (nSPS) is 18.4. The van der Waals surface area contributed by atoms with Crippen LogP contribution in [0.2, 0.25) is 0 Å². The summed E-state index contributed by atoms with van der Waals surface area (Å²) in [5.74, 6) is -2.44. The Balaban J connectivity index is 0.000000511. The van der Waals surface area contributed by atoms with Gasteiger partial charge in [0.15, 0.2) is 11.6 Å². The van der Waals surface area contributed by atoms with Crippen LogP contribution in [0.4, 0.5) is 0 Å². The molecule has 2 aliphatic rings. The summed E-state index contributed by atoms with van der Waals surface area (Å²) in [5.41, 5.74) is 11.2. The van der Waals surface area contributed by atoms with E-state index in [1.807, 2.05) is 0 Å². The number of phenolic OH excluding ortho intramolecular Hbond substituents is 2. The van der Waals surface area contributed by atoms with E-state index >= 15 is 0 Å². The number of phenols is 2. The second-order valence-corrected chi connectivity index (χ2v) is 24.0. The molecule has 4 atom stereocenters. The zero-order valence-electron chi connectivity index (χ0n) is 52.6. The fraction of sp³-hybridized carbons (Fsp3) is 0.645. The van der Waals surface area contributed by atoms with Crippen molar-refractivity contribution in [2.24, 2.45) is 11.5 Å². The molecular formula is C62H102N14O12S2. The summed E-state index contributed by atoms with van der Waals surface area (Å²) in [6, 6.07) is 9.92. The molecular weight excluding hydrogens is 1200 g/mol. The lowest BCUT2D eigenvalue weighted by Gasteiger charge is -2.39. The Kier molecular flexibility index (Phi) is 38.2. The number of thiol groups is 2. The van der Waals surface area contributed by atoms with E-state index < -0.39 is 41.6 Å². The number of unbranched alkanes of at least 4 members (excludes halogenated alkanes) is 6. The van der Waals surface area contributed by atoms with Crippen molar-refractivity contribution >= 4 is 84.1 Å². The van der Waals surface area contributed by atoms with Crippen LogP contribution in [-0.4, -0.2) is 188 Å². The molecule has 18 N–H and O–H groups in total. The van der Waals surface area contributed by atoms with Crippen molar-refractivity contribution in [2.45, 2.75) is 171 Å². The third-order valence-electron chi connectivity index (χ3n) is 15.3. The predicted molar refractivity (Wildman–Crippen MR) is 351 cm³/mol. The van der Waals surface area contributed by atoms with Crippen LogP contribution in [0.1, 0.15) is 134 Å². The Morgan fingerprint density at radius 2 is 0.778 bits per heavy atom. The van der Waals surface area contributed by atoms with Crippen molar-refractivity contribution in [2.75, 3.05) is 84.0 Å². The molecule has 2 saturated heterocycles. The van der Waals surface area contributed by atoms with Crippen LogP contribution in [-0.2, 0) is 60.8 Å². The second-order valence-electron chi connectivity index (χ2n) is 23.3. The highest BCUT2D eigenvalue weighted by atomic mass is 32.1. The number of ketones is 2. The number of fused-ring (bicyclic) bond motifs is 5. The van der Waals surface area contributed by atoms with Gasteiger partial charge in [-0.05, 0) is 93.7 Å². The molecule has 28 heteroatoms. The molecule has 504 valence electrons. The lowest BCUT2D eigenvalue weighted by molar-refractivity contribution is -0.128. The summed E-state index contributed by atoms with van der Waals surface area (Å²) >= 11 is 8.02. The predicted octanol–water partition coefficient (Wildman–Crippen LogP) is -0.319. The molecule has 8 amide bonds. The quantitative estimate of drug-likeness (QED) is 0.0304. The van der Waals surface area contributed by atoms with Gasteiger partial charge in [-0.2, -0.15) is 25.3 Å². The topological polar surface area (TPSA) is 408 Å². The maximum atomic E-state index is 13.4. The molecule has 90 heavy (non-hydrogen) atoms. The molecule has 26 nitrogen and oxygen atoms in total. The molecule has 2 heterocycles. The number of nitrogens with two attached hydrogens (primary N) is 2. The van der Waals surface area contributed by atoms with Crippen LogP contribution < -0.4 is 75.3 Å². The highest BCUT2D eigenvalue weighted by Gasteiger charge is 2.33. The van der Waals surface area contributed by atoms with Gasteiger partial charge in [-0.15, -0.1) is 0 Å². The smallest absolute Gasteiger partial charge is 0.240 e. The molecule has 2 aliphatic heterocycles. The number of benzene rings is 2. The van der Waals surface area contributed by atoms with Gasteiger partial charge in [0, 0.05) is 141 Å². The van der Waals surface area contributed by atoms with Gasteiger partial charge in [-0.3, -0.25) is 53.3 Å². The molecule has 2 aromatic carbocycles. The fourth-order valence-corrected chi connectivity index (χ4v) is 10.6. The number of nitrogens with one attached hydrogen (secondary N) is 12. The van der Waals surface area contributed by atoms with E-state index in [-0.39, 0.29) is 133 Å². The van der Waals surface area contributed by atoms with Crippen molar-refractivity contribution in [3.8, 4) is 11.5 Å². The van der Waals surface area contributed by atoms with Gasteiger partial charge >= 0.3 is 0 Å². The standard InChI is InChI=1S/C37H64N10O6S.C25H38N4O6S/c1-36-23-39-15-17-41-25-37(44-20-19-43-36,26-42-18-16-40-24-36)47-34(52)10-6-9-33(51)45-29(21-27-11-13-28(48)14-12-27)31(49)7-4-2-3-5-8-32(50)46-30(22-54)35(38)53;1-27-22(32)9-6-10-24(34)28-19(15-17-11-13-18(30)14-12-17)21(31)7-4-2-3-5-8-23(33)29-20(16-36)25(26)35/h11-14,29-30,39-44,48,54H,2-10,15-26H2,1H3,(H2,38,53)(H,45,51)(H,46,50)(H,47,52);11-14,19-20,30,36H,2-10,15-16H2,1H3,(H2,26,35)(H,27,32)(H,28,34)(H,29,33)/t;19-,20-/m.0/s1. The van der Waals surface area contributed by atoms with Gasteiger partial charge in [-0.1, -0.05) is 49.9 Å². The van der Waals surface area contributed by atoms with E-state index in [9.17, 15) is 58.2 Å². The number of primary amides is 2. The monoisotopic (exact) mass is 1300 g/mol. The number of hydrogen-bond donors (Lipinski definition) is 18. The molecule has 2 unspecified atom stereocenters. The summed E-state index contributed by atoms with van der Waals surface area (Å²) in [6.07, 6.45) is 8.16. The minimum Gasteiger partial charge on any atom is -0.508 e. The average molecular weight is 1300 g/mol. The number of aromatic hydroxyl groups is 2. The Morgan fingerprint density at radius 1 is 0.444 bits per heavy atom. The fourth-order valence-electron chi connectivity index (χ4n) is 10.1. The Morgan fingerprint density at radius 3 is 1.16 bits per heavy atom. The lowest BCUT2D eigenvalue weighted by Crippen LogP contribution is -2.70.